The van der Waals surface area contributed by atoms with Crippen LogP contribution in [0.2, 0.25) is 0 Å². The summed E-state index contributed by atoms with van der Waals surface area (Å²) < 4.78 is 0.985. The molecule has 1 heterocycles. The maximum atomic E-state index is 13.1. The average Bonchev–Trinajstić information content (AvgIpc) is 2.81. The Bertz CT molecular complexity index is 715. The summed E-state index contributed by atoms with van der Waals surface area (Å²) in [5.41, 5.74) is 2.52. The molecule has 0 saturated heterocycles. The minimum atomic E-state index is 0.120. The van der Waals surface area contributed by atoms with E-state index in [1.54, 1.807) is 0 Å². The Morgan fingerprint density at radius 3 is 2.57 bits per heavy atom. The number of carbonyl (C=O) groups is 1. The van der Waals surface area contributed by atoms with E-state index < -0.39 is 0 Å². The van der Waals surface area contributed by atoms with Crippen LogP contribution in [0.5, 0.6) is 0 Å². The highest BCUT2D eigenvalue weighted by atomic mass is 79.9. The Labute approximate surface area is 146 Å². The van der Waals surface area contributed by atoms with Crippen LogP contribution in [0.25, 0.3) is 10.9 Å². The van der Waals surface area contributed by atoms with Gasteiger partial charge in [0, 0.05) is 28.6 Å². The molecule has 0 bridgehead atoms. The van der Waals surface area contributed by atoms with E-state index in [1.807, 2.05) is 43.1 Å². The fourth-order valence-corrected chi connectivity index (χ4v) is 3.86. The largest absolute Gasteiger partial charge is 0.339 e. The molecule has 0 spiro atoms. The van der Waals surface area contributed by atoms with Gasteiger partial charge < -0.3 is 4.90 Å². The number of benzene rings is 1. The lowest BCUT2D eigenvalue weighted by Crippen LogP contribution is -2.36. The Balaban J connectivity index is 1.96. The Hall–Kier alpha value is -1.42. The summed E-state index contributed by atoms with van der Waals surface area (Å²) in [5, 5.41) is 0.935. The van der Waals surface area contributed by atoms with Gasteiger partial charge in [0.15, 0.2) is 0 Å². The SMILES string of the molecule is Cc1cc(C(=O)N(C)C2CCCCCC2)c2ccc(Br)cc2n1. The van der Waals surface area contributed by atoms with Crippen molar-refractivity contribution in [3.8, 4) is 0 Å². The first kappa shape index (κ1) is 16.4. The van der Waals surface area contributed by atoms with Gasteiger partial charge in [0.25, 0.3) is 5.91 Å². The fraction of sp³-hybridized carbons (Fsp3) is 0.474. The molecule has 1 saturated carbocycles. The summed E-state index contributed by atoms with van der Waals surface area (Å²) in [7, 11) is 1.96. The van der Waals surface area contributed by atoms with Crippen molar-refractivity contribution in [2.75, 3.05) is 7.05 Å². The van der Waals surface area contributed by atoms with Gasteiger partial charge in [0.1, 0.15) is 0 Å². The maximum Gasteiger partial charge on any atom is 0.254 e. The van der Waals surface area contributed by atoms with E-state index in [0.717, 1.165) is 39.5 Å². The quantitative estimate of drug-likeness (QED) is 0.684. The van der Waals surface area contributed by atoms with Crippen LogP contribution in [0.3, 0.4) is 0 Å². The molecule has 3 nitrogen and oxygen atoms in total. The van der Waals surface area contributed by atoms with Crippen LogP contribution in [0.1, 0.15) is 54.6 Å². The van der Waals surface area contributed by atoms with E-state index in [9.17, 15) is 4.79 Å². The van der Waals surface area contributed by atoms with E-state index in [-0.39, 0.29) is 5.91 Å². The number of hydrogen-bond acceptors (Lipinski definition) is 2. The molecular weight excluding hydrogens is 352 g/mol. The van der Waals surface area contributed by atoms with Gasteiger partial charge in [-0.05, 0) is 38.0 Å². The van der Waals surface area contributed by atoms with Crippen LogP contribution in [0.4, 0.5) is 0 Å². The van der Waals surface area contributed by atoms with Crippen LogP contribution < -0.4 is 0 Å². The molecule has 4 heteroatoms. The summed E-state index contributed by atoms with van der Waals surface area (Å²) in [6.07, 6.45) is 7.29. The molecule has 1 fully saturated rings. The Morgan fingerprint density at radius 2 is 1.87 bits per heavy atom. The summed E-state index contributed by atoms with van der Waals surface area (Å²) in [4.78, 5) is 19.6. The van der Waals surface area contributed by atoms with Crippen molar-refractivity contribution in [2.24, 2.45) is 0 Å². The molecule has 0 aliphatic heterocycles. The molecule has 2 aromatic rings. The molecule has 1 aliphatic rings. The van der Waals surface area contributed by atoms with Gasteiger partial charge in [-0.25, -0.2) is 0 Å². The number of halogens is 1. The molecule has 0 N–H and O–H groups in total. The first-order valence-corrected chi connectivity index (χ1v) is 9.19. The van der Waals surface area contributed by atoms with Crippen molar-refractivity contribution in [2.45, 2.75) is 51.5 Å². The molecule has 0 unspecified atom stereocenters. The second kappa shape index (κ2) is 7.00. The number of pyridine rings is 1. The molecular formula is C19H23BrN2O. The molecule has 1 aromatic carbocycles. The highest BCUT2D eigenvalue weighted by Gasteiger charge is 2.23. The van der Waals surface area contributed by atoms with E-state index in [2.05, 4.69) is 20.9 Å². The lowest BCUT2D eigenvalue weighted by molar-refractivity contribution is 0.0719. The van der Waals surface area contributed by atoms with E-state index in [4.69, 9.17) is 0 Å². The number of fused-ring (bicyclic) bond motifs is 1. The molecule has 0 atom stereocenters. The van der Waals surface area contributed by atoms with Crippen molar-refractivity contribution in [1.29, 1.82) is 0 Å². The number of aromatic nitrogens is 1. The average molecular weight is 375 g/mol. The van der Waals surface area contributed by atoms with Crippen molar-refractivity contribution in [3.63, 3.8) is 0 Å². The Kier molecular flexibility index (Phi) is 5.00. The van der Waals surface area contributed by atoms with Gasteiger partial charge in [0.2, 0.25) is 0 Å². The normalized spacial score (nSPS) is 16.3. The molecule has 1 amide bonds. The van der Waals surface area contributed by atoms with Gasteiger partial charge in [-0.2, -0.15) is 0 Å². The monoisotopic (exact) mass is 374 g/mol. The Morgan fingerprint density at radius 1 is 1.17 bits per heavy atom. The summed E-state index contributed by atoms with van der Waals surface area (Å²) in [6.45, 7) is 1.95. The highest BCUT2D eigenvalue weighted by molar-refractivity contribution is 9.10. The number of rotatable bonds is 2. The van der Waals surface area contributed by atoms with E-state index in [0.29, 0.717) is 6.04 Å². The number of aryl methyl sites for hydroxylation is 1. The lowest BCUT2D eigenvalue weighted by Gasteiger charge is -2.27. The zero-order chi connectivity index (χ0) is 16.4. The van der Waals surface area contributed by atoms with Crippen LogP contribution >= 0.6 is 15.9 Å². The standard InChI is InChI=1S/C19H23BrN2O/c1-13-11-17(16-10-9-14(20)12-18(16)21-13)19(23)22(2)15-7-5-3-4-6-8-15/h9-12,15H,3-8H2,1-2H3. The minimum Gasteiger partial charge on any atom is -0.339 e. The molecule has 0 radical (unpaired) electrons. The van der Waals surface area contributed by atoms with Gasteiger partial charge >= 0.3 is 0 Å². The van der Waals surface area contributed by atoms with Crippen molar-refractivity contribution >= 4 is 32.7 Å². The van der Waals surface area contributed by atoms with E-state index in [1.165, 1.54) is 25.7 Å². The lowest BCUT2D eigenvalue weighted by atomic mass is 10.0. The van der Waals surface area contributed by atoms with Gasteiger partial charge in [-0.1, -0.05) is 47.7 Å². The number of nitrogens with zero attached hydrogens (tertiary/aromatic N) is 2. The maximum absolute atomic E-state index is 13.1. The molecule has 23 heavy (non-hydrogen) atoms. The summed E-state index contributed by atoms with van der Waals surface area (Å²) >= 11 is 3.48. The number of carbonyl (C=O) groups excluding carboxylic acids is 1. The van der Waals surface area contributed by atoms with Crippen LogP contribution in [-0.2, 0) is 0 Å². The van der Waals surface area contributed by atoms with Gasteiger partial charge in [0.05, 0.1) is 11.1 Å². The third-order valence-corrected chi connectivity index (χ3v) is 5.32. The van der Waals surface area contributed by atoms with Gasteiger partial charge in [-0.3, -0.25) is 9.78 Å². The first-order chi connectivity index (χ1) is 11.1. The minimum absolute atomic E-state index is 0.120. The third-order valence-electron chi connectivity index (χ3n) is 4.82. The van der Waals surface area contributed by atoms with Crippen molar-refractivity contribution < 1.29 is 4.79 Å². The molecule has 122 valence electrons. The molecule has 1 aromatic heterocycles. The van der Waals surface area contributed by atoms with Crippen molar-refractivity contribution in [3.05, 3.63) is 40.0 Å². The van der Waals surface area contributed by atoms with E-state index >= 15 is 0 Å². The highest BCUT2D eigenvalue weighted by Crippen LogP contribution is 2.26. The third kappa shape index (κ3) is 3.57. The summed E-state index contributed by atoms with van der Waals surface area (Å²) in [5.74, 6) is 0.120. The number of amides is 1. The van der Waals surface area contributed by atoms with Crippen LogP contribution in [0.15, 0.2) is 28.7 Å². The fourth-order valence-electron chi connectivity index (χ4n) is 3.51. The zero-order valence-electron chi connectivity index (χ0n) is 13.8. The molecule has 1 aliphatic carbocycles. The first-order valence-electron chi connectivity index (χ1n) is 8.40. The predicted octanol–water partition coefficient (Wildman–Crippen LogP) is 5.10. The summed E-state index contributed by atoms with van der Waals surface area (Å²) in [6, 6.07) is 8.22. The van der Waals surface area contributed by atoms with Crippen LogP contribution in [0, 0.1) is 6.92 Å². The smallest absolute Gasteiger partial charge is 0.254 e. The second-order valence-corrected chi connectivity index (χ2v) is 7.45. The number of hydrogen-bond donors (Lipinski definition) is 0. The molecule has 3 rings (SSSR count). The second-order valence-electron chi connectivity index (χ2n) is 6.53. The van der Waals surface area contributed by atoms with Crippen molar-refractivity contribution in [1.82, 2.24) is 9.88 Å². The predicted molar refractivity (Wildman–Crippen MR) is 97.8 cm³/mol. The van der Waals surface area contributed by atoms with Gasteiger partial charge in [-0.15, -0.1) is 0 Å². The topological polar surface area (TPSA) is 33.2 Å². The zero-order valence-corrected chi connectivity index (χ0v) is 15.4. The van der Waals surface area contributed by atoms with Crippen LogP contribution in [-0.4, -0.2) is 28.9 Å².